The minimum atomic E-state index is -1.03. The highest BCUT2D eigenvalue weighted by atomic mass is 19.1. The van der Waals surface area contributed by atoms with Crippen molar-refractivity contribution in [3.05, 3.63) is 58.9 Å². The highest BCUT2D eigenvalue weighted by Crippen LogP contribution is 2.25. The normalized spacial score (nSPS) is 9.81. The third-order valence-corrected chi connectivity index (χ3v) is 3.40. The van der Waals surface area contributed by atoms with Gasteiger partial charge in [0.05, 0.1) is 30.0 Å². The number of nitrogens with one attached hydrogen (secondary N) is 2. The summed E-state index contributed by atoms with van der Waals surface area (Å²) in [4.78, 5) is 27.5. The Bertz CT molecular complexity index is 794. The molecule has 0 atom stereocenters. The van der Waals surface area contributed by atoms with E-state index in [9.17, 15) is 14.0 Å². The number of carboxylic acid groups (broad SMARTS) is 1. The Hall–Kier alpha value is -2.93. The SMILES string of the molecule is CC.Cc1ccc(Nc2cc(C)ccc2C(=O)NOCCC(=O)O)c(F)c1. The number of carbonyl (C=O) groups is 2. The summed E-state index contributed by atoms with van der Waals surface area (Å²) >= 11 is 0. The number of halogens is 1. The number of amides is 1. The summed E-state index contributed by atoms with van der Waals surface area (Å²) in [5.74, 6) is -2.01. The molecule has 0 bridgehead atoms. The van der Waals surface area contributed by atoms with Crippen molar-refractivity contribution in [1.29, 1.82) is 0 Å². The van der Waals surface area contributed by atoms with Crippen molar-refractivity contribution in [1.82, 2.24) is 5.48 Å². The molecule has 0 aliphatic carbocycles. The van der Waals surface area contributed by atoms with Crippen molar-refractivity contribution in [2.75, 3.05) is 11.9 Å². The molecule has 0 radical (unpaired) electrons. The Morgan fingerprint density at radius 1 is 1.04 bits per heavy atom. The van der Waals surface area contributed by atoms with Crippen LogP contribution in [0, 0.1) is 19.7 Å². The zero-order chi connectivity index (χ0) is 20.4. The smallest absolute Gasteiger partial charge is 0.305 e. The molecule has 3 N–H and O–H groups in total. The topological polar surface area (TPSA) is 87.7 Å². The van der Waals surface area contributed by atoms with Gasteiger partial charge < -0.3 is 10.4 Å². The number of carboxylic acids is 1. The van der Waals surface area contributed by atoms with Gasteiger partial charge in [0.2, 0.25) is 0 Å². The maximum Gasteiger partial charge on any atom is 0.305 e. The van der Waals surface area contributed by atoms with Gasteiger partial charge in [-0.15, -0.1) is 0 Å². The molecule has 0 saturated carbocycles. The van der Waals surface area contributed by atoms with Crippen molar-refractivity contribution in [3.63, 3.8) is 0 Å². The van der Waals surface area contributed by atoms with E-state index in [1.807, 2.05) is 20.8 Å². The lowest BCUT2D eigenvalue weighted by Gasteiger charge is -2.14. The summed E-state index contributed by atoms with van der Waals surface area (Å²) in [7, 11) is 0. The molecular weight excluding hydrogens is 351 g/mol. The van der Waals surface area contributed by atoms with Gasteiger partial charge in [0.25, 0.3) is 5.91 Å². The van der Waals surface area contributed by atoms with Crippen LogP contribution in [0.15, 0.2) is 36.4 Å². The first-order valence-corrected chi connectivity index (χ1v) is 8.64. The lowest BCUT2D eigenvalue weighted by Crippen LogP contribution is -2.25. The zero-order valence-electron chi connectivity index (χ0n) is 15.9. The van der Waals surface area contributed by atoms with Crippen LogP contribution in [0.2, 0.25) is 0 Å². The van der Waals surface area contributed by atoms with Crippen LogP contribution in [-0.4, -0.2) is 23.6 Å². The zero-order valence-corrected chi connectivity index (χ0v) is 15.9. The Morgan fingerprint density at radius 2 is 1.67 bits per heavy atom. The molecule has 0 unspecified atom stereocenters. The van der Waals surface area contributed by atoms with Crippen LogP contribution in [-0.2, 0) is 9.63 Å². The molecule has 0 aromatic heterocycles. The van der Waals surface area contributed by atoms with Gasteiger partial charge >= 0.3 is 5.97 Å². The Labute approximate surface area is 158 Å². The van der Waals surface area contributed by atoms with Crippen molar-refractivity contribution in [2.45, 2.75) is 34.1 Å². The number of hydrogen-bond donors (Lipinski definition) is 3. The van der Waals surface area contributed by atoms with E-state index in [0.29, 0.717) is 5.69 Å². The van der Waals surface area contributed by atoms with E-state index in [1.54, 1.807) is 37.3 Å². The van der Waals surface area contributed by atoms with Crippen molar-refractivity contribution in [3.8, 4) is 0 Å². The maximum absolute atomic E-state index is 14.1. The number of rotatable bonds is 7. The molecule has 0 heterocycles. The summed E-state index contributed by atoms with van der Waals surface area (Å²) in [6.45, 7) is 7.48. The van der Waals surface area contributed by atoms with Crippen LogP contribution in [0.5, 0.6) is 0 Å². The Kier molecular flexibility index (Phi) is 8.95. The fourth-order valence-corrected chi connectivity index (χ4v) is 2.14. The number of aryl methyl sites for hydroxylation is 2. The quantitative estimate of drug-likeness (QED) is 0.494. The van der Waals surface area contributed by atoms with E-state index in [4.69, 9.17) is 9.94 Å². The first kappa shape index (κ1) is 22.1. The van der Waals surface area contributed by atoms with E-state index in [-0.39, 0.29) is 24.3 Å². The van der Waals surface area contributed by atoms with Gasteiger partial charge in [0.15, 0.2) is 0 Å². The van der Waals surface area contributed by atoms with Crippen molar-refractivity contribution >= 4 is 23.3 Å². The van der Waals surface area contributed by atoms with Gasteiger partial charge in [-0.2, -0.15) is 0 Å². The fourth-order valence-electron chi connectivity index (χ4n) is 2.14. The number of anilines is 2. The van der Waals surface area contributed by atoms with Crippen LogP contribution < -0.4 is 10.8 Å². The average molecular weight is 376 g/mol. The third kappa shape index (κ3) is 7.07. The number of hydroxylamine groups is 1. The van der Waals surface area contributed by atoms with Crippen LogP contribution in [0.3, 0.4) is 0 Å². The third-order valence-electron chi connectivity index (χ3n) is 3.40. The molecule has 0 fully saturated rings. The molecule has 27 heavy (non-hydrogen) atoms. The highest BCUT2D eigenvalue weighted by Gasteiger charge is 2.14. The van der Waals surface area contributed by atoms with Crippen LogP contribution in [0.4, 0.5) is 15.8 Å². The van der Waals surface area contributed by atoms with Crippen LogP contribution in [0.25, 0.3) is 0 Å². The van der Waals surface area contributed by atoms with Crippen molar-refractivity contribution in [2.24, 2.45) is 0 Å². The summed E-state index contributed by atoms with van der Waals surface area (Å²) in [6, 6.07) is 9.79. The second-order valence-electron chi connectivity index (χ2n) is 5.58. The largest absolute Gasteiger partial charge is 0.481 e. The molecule has 0 aliphatic rings. The number of benzene rings is 2. The molecule has 2 aromatic carbocycles. The summed E-state index contributed by atoms with van der Waals surface area (Å²) in [5, 5.41) is 11.5. The maximum atomic E-state index is 14.1. The Balaban J connectivity index is 0.00000176. The first-order valence-electron chi connectivity index (χ1n) is 8.64. The van der Waals surface area contributed by atoms with Gasteiger partial charge in [-0.1, -0.05) is 26.0 Å². The minimum absolute atomic E-state index is 0.151. The summed E-state index contributed by atoms with van der Waals surface area (Å²) in [6.07, 6.45) is -0.228. The van der Waals surface area contributed by atoms with E-state index >= 15 is 0 Å². The van der Waals surface area contributed by atoms with Crippen LogP contribution >= 0.6 is 0 Å². The molecule has 0 aliphatic heterocycles. The number of carbonyl (C=O) groups excluding carboxylic acids is 1. The second-order valence-corrected chi connectivity index (χ2v) is 5.58. The molecule has 0 spiro atoms. The minimum Gasteiger partial charge on any atom is -0.481 e. The lowest BCUT2D eigenvalue weighted by atomic mass is 10.1. The number of hydrogen-bond acceptors (Lipinski definition) is 4. The molecule has 2 aromatic rings. The van der Waals surface area contributed by atoms with Gasteiger partial charge in [-0.3, -0.25) is 14.4 Å². The van der Waals surface area contributed by atoms with E-state index in [2.05, 4.69) is 10.8 Å². The molecule has 1 amide bonds. The molecule has 0 saturated heterocycles. The molecule has 6 nitrogen and oxygen atoms in total. The summed E-state index contributed by atoms with van der Waals surface area (Å²) < 4.78 is 14.1. The Morgan fingerprint density at radius 3 is 2.30 bits per heavy atom. The average Bonchev–Trinajstić information content (AvgIpc) is 2.62. The number of aliphatic carboxylic acids is 1. The lowest BCUT2D eigenvalue weighted by molar-refractivity contribution is -0.138. The van der Waals surface area contributed by atoms with Crippen LogP contribution in [0.1, 0.15) is 41.8 Å². The molecule has 7 heteroatoms. The monoisotopic (exact) mass is 376 g/mol. The summed E-state index contributed by atoms with van der Waals surface area (Å²) in [5.41, 5.74) is 4.78. The predicted octanol–water partition coefficient (Wildman–Crippen LogP) is 4.35. The molecule has 146 valence electrons. The molecular formula is C20H25FN2O4. The molecule has 2 rings (SSSR count). The van der Waals surface area contributed by atoms with Gasteiger partial charge in [0.1, 0.15) is 5.82 Å². The van der Waals surface area contributed by atoms with E-state index < -0.39 is 17.7 Å². The van der Waals surface area contributed by atoms with Crippen molar-refractivity contribution < 1.29 is 23.9 Å². The van der Waals surface area contributed by atoms with E-state index in [1.165, 1.54) is 6.07 Å². The predicted molar refractivity (Wildman–Crippen MR) is 103 cm³/mol. The van der Waals surface area contributed by atoms with E-state index in [0.717, 1.165) is 11.1 Å². The first-order chi connectivity index (χ1) is 12.9. The standard InChI is InChI=1S/C18H19FN2O4.C2H6/c1-11-4-6-15(14(19)9-11)20-16-10-12(2)3-5-13(16)18(24)21-25-8-7-17(22)23;1-2/h3-6,9-10,20H,7-8H2,1-2H3,(H,21,24)(H,22,23);1-2H3. The second kappa shape index (κ2) is 10.9. The van der Waals surface area contributed by atoms with Gasteiger partial charge in [0, 0.05) is 0 Å². The van der Waals surface area contributed by atoms with Gasteiger partial charge in [-0.25, -0.2) is 9.87 Å². The highest BCUT2D eigenvalue weighted by molar-refractivity contribution is 5.99. The van der Waals surface area contributed by atoms with Gasteiger partial charge in [-0.05, 0) is 49.2 Å². The fraction of sp³-hybridized carbons (Fsp3) is 0.300.